The molecule has 7 heteroatoms. The molecule has 4 rings (SSSR count). The molecule has 1 amide bonds. The largest absolute Gasteiger partial charge is 0.339 e. The van der Waals surface area contributed by atoms with Gasteiger partial charge in [0.25, 0.3) is 11.5 Å². The Morgan fingerprint density at radius 1 is 1.36 bits per heavy atom. The molecule has 1 fully saturated rings. The van der Waals surface area contributed by atoms with Crippen molar-refractivity contribution >= 4 is 16.7 Å². The number of carbonyl (C=O) groups excluding carboxylic acids is 1. The number of aromatic nitrogens is 3. The zero-order valence-electron chi connectivity index (χ0n) is 13.9. The number of amides is 1. The minimum Gasteiger partial charge on any atom is -0.339 e. The molecule has 1 aliphatic heterocycles. The van der Waals surface area contributed by atoms with Crippen molar-refractivity contribution in [2.75, 3.05) is 13.1 Å². The first-order valence-electron chi connectivity index (χ1n) is 8.33. The lowest BCUT2D eigenvalue weighted by Crippen LogP contribution is -2.40. The van der Waals surface area contributed by atoms with Crippen LogP contribution in [0.15, 0.2) is 39.6 Å². The number of benzene rings is 1. The third-order valence-corrected chi connectivity index (χ3v) is 4.58. The van der Waals surface area contributed by atoms with Gasteiger partial charge in [0.1, 0.15) is 5.69 Å². The molecule has 0 aliphatic carbocycles. The molecule has 3 heterocycles. The minimum absolute atomic E-state index is 0.0334. The number of rotatable bonds is 2. The summed E-state index contributed by atoms with van der Waals surface area (Å²) in [6.45, 7) is 2.94. The molecule has 0 spiro atoms. The number of hydrogen-bond donors (Lipinski definition) is 1. The second-order valence-corrected chi connectivity index (χ2v) is 6.37. The van der Waals surface area contributed by atoms with Gasteiger partial charge in [0.05, 0.1) is 5.92 Å². The van der Waals surface area contributed by atoms with Gasteiger partial charge in [0.15, 0.2) is 5.82 Å². The lowest BCUT2D eigenvalue weighted by Gasteiger charge is -2.30. The molecule has 2 aromatic heterocycles. The van der Waals surface area contributed by atoms with Gasteiger partial charge in [-0.05, 0) is 37.3 Å². The van der Waals surface area contributed by atoms with E-state index >= 15 is 0 Å². The number of nitrogens with one attached hydrogen (secondary N) is 1. The van der Waals surface area contributed by atoms with Crippen LogP contribution >= 0.6 is 0 Å². The van der Waals surface area contributed by atoms with Crippen molar-refractivity contribution in [1.82, 2.24) is 20.0 Å². The fourth-order valence-electron chi connectivity index (χ4n) is 3.34. The van der Waals surface area contributed by atoms with E-state index < -0.39 is 0 Å². The molecular formula is C18H18N4O3. The van der Waals surface area contributed by atoms with Gasteiger partial charge in [-0.15, -0.1) is 0 Å². The maximum atomic E-state index is 12.9. The highest BCUT2D eigenvalue weighted by Gasteiger charge is 2.29. The Morgan fingerprint density at radius 3 is 3.00 bits per heavy atom. The van der Waals surface area contributed by atoms with Crippen LogP contribution in [0.4, 0.5) is 0 Å². The topological polar surface area (TPSA) is 92.1 Å². The van der Waals surface area contributed by atoms with E-state index in [9.17, 15) is 9.59 Å². The highest BCUT2D eigenvalue weighted by atomic mass is 16.5. The maximum absolute atomic E-state index is 12.9. The lowest BCUT2D eigenvalue weighted by atomic mass is 9.97. The van der Waals surface area contributed by atoms with Crippen LogP contribution < -0.4 is 5.56 Å². The van der Waals surface area contributed by atoms with Gasteiger partial charge in [0.2, 0.25) is 5.89 Å². The molecule has 25 heavy (non-hydrogen) atoms. The van der Waals surface area contributed by atoms with Crippen molar-refractivity contribution in [3.05, 3.63) is 58.1 Å². The first kappa shape index (κ1) is 15.6. The van der Waals surface area contributed by atoms with Crippen LogP contribution in [0, 0.1) is 6.92 Å². The zero-order chi connectivity index (χ0) is 17.4. The number of carbonyl (C=O) groups is 1. The predicted molar refractivity (Wildman–Crippen MR) is 91.5 cm³/mol. The number of aryl methyl sites for hydroxylation is 1. The third kappa shape index (κ3) is 2.93. The van der Waals surface area contributed by atoms with Crippen molar-refractivity contribution in [2.45, 2.75) is 25.7 Å². The Hall–Kier alpha value is -2.96. The average molecular weight is 338 g/mol. The molecule has 1 N–H and O–H groups in total. The van der Waals surface area contributed by atoms with E-state index in [2.05, 4.69) is 15.1 Å². The highest BCUT2D eigenvalue weighted by molar-refractivity contribution is 5.96. The summed E-state index contributed by atoms with van der Waals surface area (Å²) in [4.78, 5) is 33.8. The number of aromatic amines is 1. The normalized spacial score (nSPS) is 17.8. The summed E-state index contributed by atoms with van der Waals surface area (Å²) in [6, 6.07) is 8.98. The molecule has 1 unspecified atom stereocenters. The number of likely N-dealkylation sites (tertiary alicyclic amines) is 1. The highest BCUT2D eigenvalue weighted by Crippen LogP contribution is 2.26. The Kier molecular flexibility index (Phi) is 3.83. The fraction of sp³-hybridized carbons (Fsp3) is 0.333. The van der Waals surface area contributed by atoms with E-state index in [0.29, 0.717) is 35.9 Å². The van der Waals surface area contributed by atoms with Crippen LogP contribution in [0.25, 0.3) is 10.8 Å². The molecule has 1 aromatic carbocycles. The minimum atomic E-state index is -0.248. The van der Waals surface area contributed by atoms with Gasteiger partial charge < -0.3 is 14.4 Å². The number of hydrogen-bond acceptors (Lipinski definition) is 5. The number of pyridine rings is 1. The van der Waals surface area contributed by atoms with Crippen LogP contribution in [0.3, 0.4) is 0 Å². The molecule has 1 aliphatic rings. The van der Waals surface area contributed by atoms with Gasteiger partial charge in [-0.2, -0.15) is 4.98 Å². The molecule has 0 saturated carbocycles. The van der Waals surface area contributed by atoms with E-state index in [1.165, 1.54) is 0 Å². The molecule has 0 bridgehead atoms. The molecular weight excluding hydrogens is 320 g/mol. The summed E-state index contributed by atoms with van der Waals surface area (Å²) in [5.41, 5.74) is 0.0635. The van der Waals surface area contributed by atoms with E-state index in [1.54, 1.807) is 30.0 Å². The monoisotopic (exact) mass is 338 g/mol. The summed E-state index contributed by atoms with van der Waals surface area (Å²) < 4.78 is 5.26. The number of piperidine rings is 1. The second kappa shape index (κ2) is 6.16. The van der Waals surface area contributed by atoms with Crippen molar-refractivity contribution in [3.63, 3.8) is 0 Å². The molecule has 128 valence electrons. The first-order valence-corrected chi connectivity index (χ1v) is 8.33. The standard InChI is InChI=1S/C18H18N4O3/c1-11-19-17(25-21-11)13-6-4-8-22(10-13)18(24)15-9-12-5-2-3-7-14(12)16(23)20-15/h2-3,5,7,9,13H,4,6,8,10H2,1H3,(H,20,23). The van der Waals surface area contributed by atoms with Gasteiger partial charge in [-0.1, -0.05) is 23.4 Å². The van der Waals surface area contributed by atoms with Crippen molar-refractivity contribution in [1.29, 1.82) is 0 Å². The Morgan fingerprint density at radius 2 is 2.20 bits per heavy atom. The summed E-state index contributed by atoms with van der Waals surface area (Å²) >= 11 is 0. The van der Waals surface area contributed by atoms with Crippen LogP contribution in [-0.4, -0.2) is 39.0 Å². The van der Waals surface area contributed by atoms with Crippen LogP contribution in [0.2, 0.25) is 0 Å². The van der Waals surface area contributed by atoms with E-state index in [4.69, 9.17) is 4.52 Å². The molecule has 1 atom stereocenters. The van der Waals surface area contributed by atoms with Crippen molar-refractivity contribution in [2.24, 2.45) is 0 Å². The van der Waals surface area contributed by atoms with Crippen LogP contribution in [0.1, 0.15) is 41.0 Å². The second-order valence-electron chi connectivity index (χ2n) is 6.37. The third-order valence-electron chi connectivity index (χ3n) is 4.58. The molecule has 7 nitrogen and oxygen atoms in total. The van der Waals surface area contributed by atoms with Crippen molar-refractivity contribution in [3.8, 4) is 0 Å². The molecule has 3 aromatic rings. The number of fused-ring (bicyclic) bond motifs is 1. The zero-order valence-corrected chi connectivity index (χ0v) is 13.9. The molecule has 0 radical (unpaired) electrons. The summed E-state index contributed by atoms with van der Waals surface area (Å²) in [6.07, 6.45) is 1.76. The number of H-pyrrole nitrogens is 1. The van der Waals surface area contributed by atoms with Gasteiger partial charge in [0, 0.05) is 18.5 Å². The SMILES string of the molecule is Cc1noc(C2CCCN(C(=O)c3cc4ccccc4c(=O)[nH]3)C2)n1. The lowest BCUT2D eigenvalue weighted by molar-refractivity contribution is 0.0689. The predicted octanol–water partition coefficient (Wildman–Crippen LogP) is 2.24. The van der Waals surface area contributed by atoms with Gasteiger partial charge >= 0.3 is 0 Å². The van der Waals surface area contributed by atoms with Crippen LogP contribution in [0.5, 0.6) is 0 Å². The van der Waals surface area contributed by atoms with Gasteiger partial charge in [-0.3, -0.25) is 9.59 Å². The van der Waals surface area contributed by atoms with Crippen molar-refractivity contribution < 1.29 is 9.32 Å². The Labute approximate surface area is 143 Å². The average Bonchev–Trinajstić information content (AvgIpc) is 3.08. The van der Waals surface area contributed by atoms with E-state index in [1.807, 2.05) is 12.1 Å². The molecule has 1 saturated heterocycles. The summed E-state index contributed by atoms with van der Waals surface area (Å²) in [5, 5.41) is 5.17. The summed E-state index contributed by atoms with van der Waals surface area (Å²) in [7, 11) is 0. The quantitative estimate of drug-likeness (QED) is 0.773. The Balaban J connectivity index is 1.61. The number of nitrogens with zero attached hydrogens (tertiary/aromatic N) is 3. The fourth-order valence-corrected chi connectivity index (χ4v) is 3.34. The maximum Gasteiger partial charge on any atom is 0.270 e. The van der Waals surface area contributed by atoms with E-state index in [-0.39, 0.29) is 17.4 Å². The van der Waals surface area contributed by atoms with Gasteiger partial charge in [-0.25, -0.2) is 0 Å². The van der Waals surface area contributed by atoms with Crippen LogP contribution in [-0.2, 0) is 0 Å². The smallest absolute Gasteiger partial charge is 0.270 e. The summed E-state index contributed by atoms with van der Waals surface area (Å²) in [5.74, 6) is 1.02. The van der Waals surface area contributed by atoms with E-state index in [0.717, 1.165) is 18.2 Å². The first-order chi connectivity index (χ1) is 12.1. The Bertz CT molecular complexity index is 991.